The summed E-state index contributed by atoms with van der Waals surface area (Å²) in [6.45, 7) is 6.25. The number of carbonyl (C=O) groups excluding carboxylic acids is 1. The summed E-state index contributed by atoms with van der Waals surface area (Å²) in [6, 6.07) is 7.16. The van der Waals surface area contributed by atoms with E-state index in [9.17, 15) is 4.79 Å². The minimum atomic E-state index is 0.0640. The molecule has 1 aliphatic heterocycles. The van der Waals surface area contributed by atoms with Crippen LogP contribution in [0.25, 0.3) is 0 Å². The second kappa shape index (κ2) is 7.43. The Kier molecular flexibility index (Phi) is 5.30. The van der Waals surface area contributed by atoms with Crippen LogP contribution in [-0.2, 0) is 13.0 Å². The fourth-order valence-electron chi connectivity index (χ4n) is 2.73. The molecule has 0 spiro atoms. The van der Waals surface area contributed by atoms with E-state index >= 15 is 0 Å². The van der Waals surface area contributed by atoms with Gasteiger partial charge in [-0.1, -0.05) is 24.6 Å². The van der Waals surface area contributed by atoms with Crippen LogP contribution >= 0.6 is 22.9 Å². The van der Waals surface area contributed by atoms with Gasteiger partial charge in [0.15, 0.2) is 0 Å². The second-order valence-electron chi connectivity index (χ2n) is 5.66. The molecule has 0 saturated carbocycles. The Hall–Kier alpha value is -1.43. The third kappa shape index (κ3) is 4.10. The maximum Gasteiger partial charge on any atom is 0.253 e. The van der Waals surface area contributed by atoms with Gasteiger partial charge in [-0.2, -0.15) is 0 Å². The molecule has 23 heavy (non-hydrogen) atoms. The number of rotatable bonds is 4. The molecule has 0 atom stereocenters. The van der Waals surface area contributed by atoms with Gasteiger partial charge in [0.1, 0.15) is 0 Å². The number of benzene rings is 1. The molecular formula is C17H20ClN3OS. The van der Waals surface area contributed by atoms with Crippen molar-refractivity contribution in [3.63, 3.8) is 0 Å². The van der Waals surface area contributed by atoms with Gasteiger partial charge in [0.05, 0.1) is 10.7 Å². The molecule has 6 heteroatoms. The Morgan fingerprint density at radius 1 is 1.30 bits per heavy atom. The van der Waals surface area contributed by atoms with E-state index in [0.717, 1.165) is 44.8 Å². The first kappa shape index (κ1) is 16.4. The van der Waals surface area contributed by atoms with Crippen molar-refractivity contribution >= 4 is 28.8 Å². The van der Waals surface area contributed by atoms with Crippen LogP contribution in [0.2, 0.25) is 5.02 Å². The third-order valence-corrected chi connectivity index (χ3v) is 5.30. The van der Waals surface area contributed by atoms with Gasteiger partial charge < -0.3 is 4.90 Å². The molecule has 2 heterocycles. The van der Waals surface area contributed by atoms with Crippen molar-refractivity contribution in [1.29, 1.82) is 0 Å². The highest BCUT2D eigenvalue weighted by molar-refractivity contribution is 7.09. The zero-order chi connectivity index (χ0) is 16.2. The van der Waals surface area contributed by atoms with Crippen LogP contribution < -0.4 is 0 Å². The Morgan fingerprint density at radius 2 is 2.09 bits per heavy atom. The fourth-order valence-corrected chi connectivity index (χ4v) is 3.65. The quantitative estimate of drug-likeness (QED) is 0.849. The molecule has 0 N–H and O–H groups in total. The monoisotopic (exact) mass is 349 g/mol. The van der Waals surface area contributed by atoms with E-state index in [1.165, 1.54) is 5.01 Å². The Bertz CT molecular complexity index is 680. The van der Waals surface area contributed by atoms with Crippen molar-refractivity contribution in [3.8, 4) is 0 Å². The van der Waals surface area contributed by atoms with Crippen molar-refractivity contribution < 1.29 is 4.79 Å². The molecule has 1 aromatic carbocycles. The summed E-state index contributed by atoms with van der Waals surface area (Å²) in [5, 5.41) is 3.93. The summed E-state index contributed by atoms with van der Waals surface area (Å²) in [6.07, 6.45) is 0.993. The zero-order valence-corrected chi connectivity index (χ0v) is 14.7. The predicted molar refractivity (Wildman–Crippen MR) is 94.1 cm³/mol. The highest BCUT2D eigenvalue weighted by Gasteiger charge is 2.22. The molecule has 1 saturated heterocycles. The molecule has 2 aromatic rings. The largest absolute Gasteiger partial charge is 0.336 e. The summed E-state index contributed by atoms with van der Waals surface area (Å²) in [4.78, 5) is 21.4. The molecule has 122 valence electrons. The number of hydrogen-bond acceptors (Lipinski definition) is 4. The Labute approximate surface area is 145 Å². The summed E-state index contributed by atoms with van der Waals surface area (Å²) in [5.74, 6) is 0.0640. The van der Waals surface area contributed by atoms with Gasteiger partial charge >= 0.3 is 0 Å². The number of carbonyl (C=O) groups is 1. The van der Waals surface area contributed by atoms with Crippen molar-refractivity contribution in [2.45, 2.75) is 19.9 Å². The van der Waals surface area contributed by atoms with E-state index in [-0.39, 0.29) is 5.91 Å². The number of hydrogen-bond donors (Lipinski definition) is 0. The van der Waals surface area contributed by atoms with Gasteiger partial charge in [0, 0.05) is 48.7 Å². The topological polar surface area (TPSA) is 36.4 Å². The zero-order valence-electron chi connectivity index (χ0n) is 13.2. The molecule has 0 radical (unpaired) electrons. The molecule has 0 unspecified atom stereocenters. The highest BCUT2D eigenvalue weighted by Crippen LogP contribution is 2.16. The van der Waals surface area contributed by atoms with E-state index in [1.54, 1.807) is 23.5 Å². The van der Waals surface area contributed by atoms with Crippen molar-refractivity contribution in [2.24, 2.45) is 0 Å². The first-order chi connectivity index (χ1) is 11.2. The number of halogens is 1. The summed E-state index contributed by atoms with van der Waals surface area (Å²) >= 11 is 7.70. The number of thiazole rings is 1. The van der Waals surface area contributed by atoms with Gasteiger partial charge in [-0.05, 0) is 24.6 Å². The maximum absolute atomic E-state index is 12.5. The lowest BCUT2D eigenvalue weighted by molar-refractivity contribution is 0.0627. The number of amides is 1. The smallest absolute Gasteiger partial charge is 0.253 e. The lowest BCUT2D eigenvalue weighted by atomic mass is 10.2. The molecule has 1 aliphatic rings. The van der Waals surface area contributed by atoms with Crippen LogP contribution in [0.3, 0.4) is 0 Å². The average Bonchev–Trinajstić information content (AvgIpc) is 3.02. The lowest BCUT2D eigenvalue weighted by Crippen LogP contribution is -2.48. The van der Waals surface area contributed by atoms with E-state index in [2.05, 4.69) is 22.2 Å². The van der Waals surface area contributed by atoms with Gasteiger partial charge in [-0.15, -0.1) is 11.3 Å². The first-order valence-corrected chi connectivity index (χ1v) is 9.12. The van der Waals surface area contributed by atoms with Crippen LogP contribution in [0.4, 0.5) is 0 Å². The van der Waals surface area contributed by atoms with E-state index in [0.29, 0.717) is 10.6 Å². The molecule has 1 aromatic heterocycles. The van der Waals surface area contributed by atoms with E-state index in [4.69, 9.17) is 11.6 Å². The van der Waals surface area contributed by atoms with Crippen molar-refractivity contribution in [1.82, 2.24) is 14.8 Å². The molecule has 3 rings (SSSR count). The van der Waals surface area contributed by atoms with Crippen LogP contribution in [0, 0.1) is 0 Å². The van der Waals surface area contributed by atoms with Crippen molar-refractivity contribution in [3.05, 3.63) is 50.9 Å². The Balaban J connectivity index is 1.54. The second-order valence-corrected chi connectivity index (χ2v) is 7.04. The molecule has 0 aliphatic carbocycles. The molecule has 1 fully saturated rings. The molecule has 4 nitrogen and oxygen atoms in total. The molecular weight excluding hydrogens is 330 g/mol. The van der Waals surface area contributed by atoms with Gasteiger partial charge in [0.25, 0.3) is 5.91 Å². The summed E-state index contributed by atoms with van der Waals surface area (Å²) in [7, 11) is 0. The standard InChI is InChI=1S/C17H20ClN3OS/c1-2-16-19-15(12-23-16)11-20-6-8-21(9-7-20)17(22)13-4-3-5-14(18)10-13/h3-5,10,12H,2,6-9,11H2,1H3. The van der Waals surface area contributed by atoms with Crippen LogP contribution in [0.15, 0.2) is 29.6 Å². The minimum Gasteiger partial charge on any atom is -0.336 e. The van der Waals surface area contributed by atoms with Gasteiger partial charge in [0.2, 0.25) is 0 Å². The molecule has 0 bridgehead atoms. The fraction of sp³-hybridized carbons (Fsp3) is 0.412. The van der Waals surface area contributed by atoms with Gasteiger partial charge in [-0.3, -0.25) is 9.69 Å². The number of aromatic nitrogens is 1. The SMILES string of the molecule is CCc1nc(CN2CCN(C(=O)c3cccc(Cl)c3)CC2)cs1. The normalized spacial score (nSPS) is 15.8. The first-order valence-electron chi connectivity index (χ1n) is 7.86. The van der Waals surface area contributed by atoms with Gasteiger partial charge in [-0.25, -0.2) is 4.98 Å². The Morgan fingerprint density at radius 3 is 2.74 bits per heavy atom. The predicted octanol–water partition coefficient (Wildman–Crippen LogP) is 3.32. The number of piperazine rings is 1. The maximum atomic E-state index is 12.5. The lowest BCUT2D eigenvalue weighted by Gasteiger charge is -2.34. The van der Waals surface area contributed by atoms with E-state index in [1.807, 2.05) is 17.0 Å². The summed E-state index contributed by atoms with van der Waals surface area (Å²) < 4.78 is 0. The molecule has 1 amide bonds. The highest BCUT2D eigenvalue weighted by atomic mass is 35.5. The number of nitrogens with zero attached hydrogens (tertiary/aromatic N) is 3. The van der Waals surface area contributed by atoms with Crippen molar-refractivity contribution in [2.75, 3.05) is 26.2 Å². The number of aryl methyl sites for hydroxylation is 1. The van der Waals surface area contributed by atoms with Crippen LogP contribution in [-0.4, -0.2) is 46.9 Å². The van der Waals surface area contributed by atoms with Crippen LogP contribution in [0.1, 0.15) is 28.0 Å². The van der Waals surface area contributed by atoms with E-state index < -0.39 is 0 Å². The summed E-state index contributed by atoms with van der Waals surface area (Å²) in [5.41, 5.74) is 1.81. The minimum absolute atomic E-state index is 0.0640. The average molecular weight is 350 g/mol. The third-order valence-electron chi connectivity index (χ3n) is 4.02. The van der Waals surface area contributed by atoms with Crippen LogP contribution in [0.5, 0.6) is 0 Å².